The van der Waals surface area contributed by atoms with Crippen LogP contribution in [0, 0.1) is 12.3 Å². The van der Waals surface area contributed by atoms with E-state index >= 15 is 0 Å². The van der Waals surface area contributed by atoms with Gasteiger partial charge in [0.25, 0.3) is 0 Å². The third-order valence-corrected chi connectivity index (χ3v) is 9.32. The number of para-hydroxylation sites is 1. The molecule has 0 atom stereocenters. The number of anilines is 5. The molecule has 198 valence electrons. The predicted octanol–water partition coefficient (Wildman–Crippen LogP) is 6.30. The van der Waals surface area contributed by atoms with E-state index < -0.39 is 7.14 Å². The molecule has 1 aliphatic carbocycles. The van der Waals surface area contributed by atoms with Crippen molar-refractivity contribution >= 4 is 65.3 Å². The molecule has 1 aliphatic heterocycles. The Kier molecular flexibility index (Phi) is 8.10. The van der Waals surface area contributed by atoms with E-state index in [-0.39, 0.29) is 12.4 Å². The lowest BCUT2D eigenvalue weighted by atomic mass is 9.60. The third-order valence-electron chi connectivity index (χ3n) is 7.49. The molecule has 2 aromatic carbocycles. The van der Waals surface area contributed by atoms with E-state index in [0.29, 0.717) is 28.2 Å². The fourth-order valence-corrected chi connectivity index (χ4v) is 6.89. The second-order valence-electron chi connectivity index (χ2n) is 10.7. The lowest BCUT2D eigenvalue weighted by Crippen LogP contribution is -2.52. The number of aromatic nitrogens is 2. The molecule has 1 spiro atoms. The Bertz CT molecular complexity index is 1310. The maximum atomic E-state index is 12.7. The minimum atomic E-state index is -2.48. The smallest absolute Gasteiger partial charge is 0.229 e. The molecule has 3 aromatic rings. The number of benzene rings is 2. The van der Waals surface area contributed by atoms with Gasteiger partial charge in [0.05, 0.1) is 11.9 Å². The van der Waals surface area contributed by atoms with Crippen LogP contribution in [0.3, 0.4) is 0 Å². The molecule has 0 unspecified atom stereocenters. The minimum absolute atomic E-state index is 0. The average Bonchev–Trinajstić information content (AvgIpc) is 2.81. The van der Waals surface area contributed by atoms with E-state index in [9.17, 15) is 4.57 Å². The Labute approximate surface area is 230 Å². The molecule has 5 rings (SSSR count). The highest BCUT2D eigenvalue weighted by Gasteiger charge is 2.44. The van der Waals surface area contributed by atoms with Crippen molar-refractivity contribution in [3.63, 3.8) is 0 Å². The maximum Gasteiger partial charge on any atom is 0.229 e. The SMILES string of the molecule is Cc1cc(Nc2ncc(Cl)c(Nc3ccccc3P(C)(C)=O)n2)ccc1N1CCC2(CC1)CC(N)C2.Cl. The van der Waals surface area contributed by atoms with E-state index in [0.717, 1.165) is 29.8 Å². The number of hydrogen-bond acceptors (Lipinski definition) is 7. The normalized spacial score (nSPS) is 17.2. The number of nitrogens with one attached hydrogen (secondary N) is 2. The van der Waals surface area contributed by atoms with Crippen molar-refractivity contribution in [1.29, 1.82) is 0 Å². The second kappa shape index (κ2) is 10.8. The molecule has 1 aromatic heterocycles. The number of nitrogens with zero attached hydrogens (tertiary/aromatic N) is 3. The summed E-state index contributed by atoms with van der Waals surface area (Å²) in [5.41, 5.74) is 10.7. The first-order chi connectivity index (χ1) is 17.1. The number of halogens is 2. The van der Waals surface area contributed by atoms with Gasteiger partial charge in [-0.15, -0.1) is 12.4 Å². The van der Waals surface area contributed by atoms with Gasteiger partial charge >= 0.3 is 0 Å². The topological polar surface area (TPSA) is 96.2 Å². The largest absolute Gasteiger partial charge is 0.371 e. The van der Waals surface area contributed by atoms with Crippen molar-refractivity contribution in [2.45, 2.75) is 38.6 Å². The van der Waals surface area contributed by atoms with E-state index in [4.69, 9.17) is 17.3 Å². The molecular weight excluding hydrogens is 526 g/mol. The lowest BCUT2D eigenvalue weighted by Gasteiger charge is -2.51. The zero-order valence-corrected chi connectivity index (χ0v) is 24.0. The summed E-state index contributed by atoms with van der Waals surface area (Å²) in [5, 5.41) is 7.69. The van der Waals surface area contributed by atoms with Gasteiger partial charge in [-0.25, -0.2) is 4.98 Å². The van der Waals surface area contributed by atoms with Crippen LogP contribution in [-0.4, -0.2) is 42.4 Å². The molecule has 2 fully saturated rings. The summed E-state index contributed by atoms with van der Waals surface area (Å²) >= 11 is 6.39. The first kappa shape index (κ1) is 27.7. The van der Waals surface area contributed by atoms with Crippen molar-refractivity contribution in [3.05, 3.63) is 59.2 Å². The van der Waals surface area contributed by atoms with Gasteiger partial charge in [0.2, 0.25) is 5.95 Å². The quantitative estimate of drug-likeness (QED) is 0.304. The summed E-state index contributed by atoms with van der Waals surface area (Å²) in [6.45, 7) is 7.81. The highest BCUT2D eigenvalue weighted by atomic mass is 35.5. The lowest BCUT2D eigenvalue weighted by molar-refractivity contribution is 0.0713. The fourth-order valence-electron chi connectivity index (χ4n) is 5.59. The zero-order chi connectivity index (χ0) is 25.5. The molecule has 0 radical (unpaired) electrons. The molecule has 10 heteroatoms. The van der Waals surface area contributed by atoms with E-state index in [1.807, 2.05) is 24.3 Å². The number of piperidine rings is 1. The molecular formula is C27H35Cl2N6OP. The minimum Gasteiger partial charge on any atom is -0.371 e. The van der Waals surface area contributed by atoms with Crippen LogP contribution in [0.4, 0.5) is 28.8 Å². The summed E-state index contributed by atoms with van der Waals surface area (Å²) in [6, 6.07) is 14.3. The maximum absolute atomic E-state index is 12.7. The van der Waals surface area contributed by atoms with Crippen molar-refractivity contribution in [3.8, 4) is 0 Å². The average molecular weight is 561 g/mol. The van der Waals surface area contributed by atoms with Gasteiger partial charge < -0.3 is 25.8 Å². The van der Waals surface area contributed by atoms with Gasteiger partial charge in [0.1, 0.15) is 12.2 Å². The first-order valence-electron chi connectivity index (χ1n) is 12.4. The Morgan fingerprint density at radius 3 is 2.46 bits per heavy atom. The van der Waals surface area contributed by atoms with Crippen LogP contribution < -0.4 is 26.6 Å². The molecule has 37 heavy (non-hydrogen) atoms. The summed E-state index contributed by atoms with van der Waals surface area (Å²) < 4.78 is 12.7. The number of nitrogens with two attached hydrogens (primary N) is 1. The van der Waals surface area contributed by atoms with Gasteiger partial charge in [-0.2, -0.15) is 4.98 Å². The zero-order valence-electron chi connectivity index (χ0n) is 21.5. The number of hydrogen-bond donors (Lipinski definition) is 3. The number of rotatable bonds is 6. The van der Waals surface area contributed by atoms with Crippen LogP contribution in [-0.2, 0) is 4.57 Å². The fraction of sp³-hybridized carbons (Fsp3) is 0.407. The predicted molar refractivity (Wildman–Crippen MR) is 159 cm³/mol. The molecule has 1 saturated carbocycles. The van der Waals surface area contributed by atoms with E-state index in [1.165, 1.54) is 36.9 Å². The Balaban J connectivity index is 0.00000320. The monoisotopic (exact) mass is 560 g/mol. The van der Waals surface area contributed by atoms with Crippen molar-refractivity contribution < 1.29 is 4.57 Å². The standard InChI is InChI=1S/C27H34ClN6OP.ClH/c1-18-14-20(8-9-23(18)34-12-10-27(11-13-34)15-19(29)16-27)31-26-30-17-21(28)25(33-26)32-22-6-4-5-7-24(22)36(2,3)35;/h4-9,14,17,19H,10-13,15-16,29H2,1-3H3,(H2,30,31,32,33);1H. The van der Waals surface area contributed by atoms with Crippen LogP contribution >= 0.6 is 31.1 Å². The summed E-state index contributed by atoms with van der Waals surface area (Å²) in [4.78, 5) is 11.4. The Hall–Kier alpha value is -2.31. The molecule has 4 N–H and O–H groups in total. The molecule has 7 nitrogen and oxygen atoms in total. The van der Waals surface area contributed by atoms with Crippen LogP contribution in [0.25, 0.3) is 0 Å². The van der Waals surface area contributed by atoms with Gasteiger partial charge in [0, 0.05) is 35.8 Å². The van der Waals surface area contributed by atoms with Crippen LogP contribution in [0.15, 0.2) is 48.7 Å². The molecule has 2 heterocycles. The Morgan fingerprint density at radius 1 is 1.11 bits per heavy atom. The summed E-state index contributed by atoms with van der Waals surface area (Å²) in [7, 11) is -2.48. The van der Waals surface area contributed by atoms with Crippen molar-refractivity contribution in [2.24, 2.45) is 11.1 Å². The molecule has 0 bridgehead atoms. The van der Waals surface area contributed by atoms with Crippen LogP contribution in [0.2, 0.25) is 5.02 Å². The van der Waals surface area contributed by atoms with Crippen molar-refractivity contribution in [2.75, 3.05) is 42.0 Å². The third kappa shape index (κ3) is 6.06. The Morgan fingerprint density at radius 2 is 1.81 bits per heavy atom. The van der Waals surface area contributed by atoms with Crippen molar-refractivity contribution in [1.82, 2.24) is 9.97 Å². The van der Waals surface area contributed by atoms with E-state index in [1.54, 1.807) is 19.5 Å². The van der Waals surface area contributed by atoms with Gasteiger partial charge in [0.15, 0.2) is 5.82 Å². The summed E-state index contributed by atoms with van der Waals surface area (Å²) in [5.74, 6) is 0.894. The van der Waals surface area contributed by atoms with Gasteiger partial charge in [-0.3, -0.25) is 0 Å². The highest BCUT2D eigenvalue weighted by molar-refractivity contribution is 7.70. The van der Waals surface area contributed by atoms with Crippen LogP contribution in [0.1, 0.15) is 31.2 Å². The highest BCUT2D eigenvalue weighted by Crippen LogP contribution is 2.49. The molecule has 2 aliphatic rings. The van der Waals surface area contributed by atoms with Crippen LogP contribution in [0.5, 0.6) is 0 Å². The van der Waals surface area contributed by atoms with Gasteiger partial charge in [-0.1, -0.05) is 23.7 Å². The first-order valence-corrected chi connectivity index (χ1v) is 15.4. The van der Waals surface area contributed by atoms with E-state index in [2.05, 4.69) is 50.6 Å². The summed E-state index contributed by atoms with van der Waals surface area (Å²) in [6.07, 6.45) is 6.38. The molecule has 1 saturated heterocycles. The molecule has 0 amide bonds. The second-order valence-corrected chi connectivity index (χ2v) is 14.3. The number of aryl methyl sites for hydroxylation is 1. The van der Waals surface area contributed by atoms with Gasteiger partial charge in [-0.05, 0) is 87.2 Å².